The topological polar surface area (TPSA) is 84.2 Å². The highest BCUT2D eigenvalue weighted by Gasteiger charge is 2.41. The van der Waals surface area contributed by atoms with Crippen molar-refractivity contribution in [2.75, 3.05) is 6.54 Å². The number of nitrogens with zero attached hydrogens (tertiary/aromatic N) is 2. The molecule has 0 radical (unpaired) electrons. The zero-order valence-electron chi connectivity index (χ0n) is 12.6. The summed E-state index contributed by atoms with van der Waals surface area (Å²) in [5, 5.41) is 16.2. The molecule has 1 aliphatic carbocycles. The van der Waals surface area contributed by atoms with Gasteiger partial charge in [0.25, 0.3) is 0 Å². The van der Waals surface area contributed by atoms with Crippen LogP contribution in [0.25, 0.3) is 0 Å². The summed E-state index contributed by atoms with van der Waals surface area (Å²) in [6.45, 7) is 2.57. The molecule has 2 N–H and O–H groups in total. The van der Waals surface area contributed by atoms with E-state index in [-0.39, 0.29) is 11.8 Å². The van der Waals surface area contributed by atoms with Crippen LogP contribution >= 0.6 is 0 Å². The fourth-order valence-corrected chi connectivity index (χ4v) is 3.10. The number of hydrogen-bond acceptors (Lipinski definition) is 3. The average Bonchev–Trinajstić information content (AvgIpc) is 3.04. The molecule has 0 aromatic carbocycles. The van der Waals surface area contributed by atoms with E-state index in [4.69, 9.17) is 0 Å². The third kappa shape index (κ3) is 3.83. The van der Waals surface area contributed by atoms with Gasteiger partial charge in [-0.25, -0.2) is 0 Å². The van der Waals surface area contributed by atoms with Crippen LogP contribution < -0.4 is 5.32 Å². The van der Waals surface area contributed by atoms with Gasteiger partial charge in [0.15, 0.2) is 0 Å². The maximum atomic E-state index is 12.2. The van der Waals surface area contributed by atoms with E-state index in [1.807, 2.05) is 20.2 Å². The van der Waals surface area contributed by atoms with Gasteiger partial charge in [0.1, 0.15) is 0 Å². The number of aliphatic carboxylic acids is 1. The van der Waals surface area contributed by atoms with Crippen LogP contribution in [0.4, 0.5) is 0 Å². The van der Waals surface area contributed by atoms with E-state index in [1.54, 1.807) is 10.9 Å². The molecule has 0 bridgehead atoms. The lowest BCUT2D eigenvalue weighted by Crippen LogP contribution is -2.36. The zero-order valence-corrected chi connectivity index (χ0v) is 12.6. The molecule has 3 atom stereocenters. The van der Waals surface area contributed by atoms with Crippen LogP contribution in [-0.2, 0) is 23.1 Å². The highest BCUT2D eigenvalue weighted by Crippen LogP contribution is 2.38. The van der Waals surface area contributed by atoms with Crippen LogP contribution in [0, 0.1) is 17.8 Å². The lowest BCUT2D eigenvalue weighted by atomic mass is 9.95. The second-order valence-corrected chi connectivity index (χ2v) is 5.86. The van der Waals surface area contributed by atoms with E-state index >= 15 is 0 Å². The molecule has 1 aliphatic rings. The smallest absolute Gasteiger partial charge is 0.307 e. The van der Waals surface area contributed by atoms with Gasteiger partial charge in [-0.1, -0.05) is 13.3 Å². The van der Waals surface area contributed by atoms with Gasteiger partial charge >= 0.3 is 5.97 Å². The fraction of sp³-hybridized carbons (Fsp3) is 0.667. The van der Waals surface area contributed by atoms with Crippen LogP contribution in [0.2, 0.25) is 0 Å². The number of carboxylic acid groups (broad SMARTS) is 1. The summed E-state index contributed by atoms with van der Waals surface area (Å²) in [5.41, 5.74) is 1.06. The van der Waals surface area contributed by atoms with Crippen molar-refractivity contribution in [1.82, 2.24) is 15.1 Å². The molecule has 1 heterocycles. The highest BCUT2D eigenvalue weighted by atomic mass is 16.4. The number of aryl methyl sites for hydroxylation is 1. The zero-order chi connectivity index (χ0) is 15.4. The Morgan fingerprint density at radius 3 is 2.71 bits per heavy atom. The van der Waals surface area contributed by atoms with E-state index in [2.05, 4.69) is 10.4 Å². The van der Waals surface area contributed by atoms with E-state index < -0.39 is 11.9 Å². The number of aromatic nitrogens is 2. The number of carboxylic acids is 1. The van der Waals surface area contributed by atoms with E-state index in [0.29, 0.717) is 31.7 Å². The lowest BCUT2D eigenvalue weighted by molar-refractivity contribution is -0.146. The summed E-state index contributed by atoms with van der Waals surface area (Å²) in [5.74, 6) is -1.55. The molecule has 1 amide bonds. The van der Waals surface area contributed by atoms with E-state index in [1.165, 1.54) is 0 Å². The molecular formula is C15H23N3O3. The fourth-order valence-electron chi connectivity index (χ4n) is 3.10. The molecular weight excluding hydrogens is 270 g/mol. The average molecular weight is 293 g/mol. The molecule has 3 unspecified atom stereocenters. The molecule has 21 heavy (non-hydrogen) atoms. The first-order chi connectivity index (χ1) is 10.0. The number of hydrogen-bond donors (Lipinski definition) is 2. The molecule has 6 heteroatoms. The van der Waals surface area contributed by atoms with Crippen molar-refractivity contribution < 1.29 is 14.7 Å². The first kappa shape index (κ1) is 15.5. The van der Waals surface area contributed by atoms with Crippen molar-refractivity contribution in [3.63, 3.8) is 0 Å². The van der Waals surface area contributed by atoms with Crippen LogP contribution in [0.3, 0.4) is 0 Å². The first-order valence-electron chi connectivity index (χ1n) is 7.49. The first-order valence-corrected chi connectivity index (χ1v) is 7.49. The van der Waals surface area contributed by atoms with Crippen molar-refractivity contribution in [3.8, 4) is 0 Å². The summed E-state index contributed by atoms with van der Waals surface area (Å²) in [7, 11) is 1.85. The Hall–Kier alpha value is -1.85. The van der Waals surface area contributed by atoms with Crippen LogP contribution in [0.1, 0.15) is 31.7 Å². The van der Waals surface area contributed by atoms with Crippen molar-refractivity contribution in [2.24, 2.45) is 24.8 Å². The standard InChI is InChI=1S/C15H23N3O3/c1-3-10-6-12(13(7-10)15(20)21)14(19)16-5-4-11-8-17-18(2)9-11/h8-10,12-13H,3-7H2,1-2H3,(H,16,19)(H,20,21). The molecule has 2 rings (SSSR count). The Balaban J connectivity index is 1.85. The molecule has 1 aromatic heterocycles. The third-order valence-electron chi connectivity index (χ3n) is 4.36. The molecule has 1 saturated carbocycles. The minimum absolute atomic E-state index is 0.123. The maximum absolute atomic E-state index is 12.2. The van der Waals surface area contributed by atoms with Gasteiger partial charge < -0.3 is 10.4 Å². The predicted molar refractivity (Wildman–Crippen MR) is 77.6 cm³/mol. The van der Waals surface area contributed by atoms with Gasteiger partial charge in [-0.2, -0.15) is 5.10 Å². The van der Waals surface area contributed by atoms with Crippen LogP contribution in [0.15, 0.2) is 12.4 Å². The van der Waals surface area contributed by atoms with Crippen molar-refractivity contribution >= 4 is 11.9 Å². The van der Waals surface area contributed by atoms with Crippen LogP contribution in [-0.4, -0.2) is 33.3 Å². The van der Waals surface area contributed by atoms with Crippen molar-refractivity contribution in [1.29, 1.82) is 0 Å². The normalized spacial score (nSPS) is 25.0. The molecule has 0 saturated heterocycles. The summed E-state index contributed by atoms with van der Waals surface area (Å²) >= 11 is 0. The molecule has 116 valence electrons. The highest BCUT2D eigenvalue weighted by molar-refractivity contribution is 5.85. The number of carbonyl (C=O) groups excluding carboxylic acids is 1. The number of nitrogens with one attached hydrogen (secondary N) is 1. The van der Waals surface area contributed by atoms with Gasteiger partial charge in [-0.15, -0.1) is 0 Å². The number of amides is 1. The second-order valence-electron chi connectivity index (χ2n) is 5.86. The van der Waals surface area contributed by atoms with Gasteiger partial charge in [0.05, 0.1) is 18.0 Å². The van der Waals surface area contributed by atoms with E-state index in [0.717, 1.165) is 12.0 Å². The minimum atomic E-state index is -0.849. The molecule has 0 spiro atoms. The SMILES string of the molecule is CCC1CC(C(=O)O)C(C(=O)NCCc2cnn(C)c2)C1. The third-order valence-corrected chi connectivity index (χ3v) is 4.36. The van der Waals surface area contributed by atoms with Gasteiger partial charge in [0.2, 0.25) is 5.91 Å². The van der Waals surface area contributed by atoms with Gasteiger partial charge in [0, 0.05) is 19.8 Å². The van der Waals surface area contributed by atoms with Crippen LogP contribution in [0.5, 0.6) is 0 Å². The molecule has 1 fully saturated rings. The van der Waals surface area contributed by atoms with E-state index in [9.17, 15) is 14.7 Å². The minimum Gasteiger partial charge on any atom is -0.481 e. The van der Waals surface area contributed by atoms with Crippen molar-refractivity contribution in [3.05, 3.63) is 18.0 Å². The number of carbonyl (C=O) groups is 2. The summed E-state index contributed by atoms with van der Waals surface area (Å²) in [6.07, 6.45) is 6.63. The van der Waals surface area contributed by atoms with Gasteiger partial charge in [-0.05, 0) is 30.7 Å². The molecule has 1 aromatic rings. The molecule has 0 aliphatic heterocycles. The molecule has 6 nitrogen and oxygen atoms in total. The summed E-state index contributed by atoms with van der Waals surface area (Å²) < 4.78 is 1.72. The monoisotopic (exact) mass is 293 g/mol. The second kappa shape index (κ2) is 6.74. The predicted octanol–water partition coefficient (Wildman–Crippen LogP) is 1.22. The summed E-state index contributed by atoms with van der Waals surface area (Å²) in [4.78, 5) is 23.5. The largest absolute Gasteiger partial charge is 0.481 e. The Bertz CT molecular complexity index is 512. The Labute approximate surface area is 124 Å². The lowest BCUT2D eigenvalue weighted by Gasteiger charge is -2.15. The Morgan fingerprint density at radius 2 is 2.14 bits per heavy atom. The summed E-state index contributed by atoms with van der Waals surface area (Å²) in [6, 6.07) is 0. The quantitative estimate of drug-likeness (QED) is 0.826. The van der Waals surface area contributed by atoms with Crippen molar-refractivity contribution in [2.45, 2.75) is 32.6 Å². The Kier molecular flexibility index (Phi) is 4.98. The maximum Gasteiger partial charge on any atom is 0.307 e. The van der Waals surface area contributed by atoms with Gasteiger partial charge in [-0.3, -0.25) is 14.3 Å². The number of rotatable bonds is 6. The Morgan fingerprint density at radius 1 is 1.43 bits per heavy atom.